The van der Waals surface area contributed by atoms with Crippen LogP contribution in [0.2, 0.25) is 0 Å². The van der Waals surface area contributed by atoms with E-state index < -0.39 is 0 Å². The summed E-state index contributed by atoms with van der Waals surface area (Å²) in [5.41, 5.74) is 4.04. The minimum absolute atomic E-state index is 0.269. The van der Waals surface area contributed by atoms with Crippen molar-refractivity contribution in [3.05, 3.63) is 70.6 Å². The number of nitriles is 1. The van der Waals surface area contributed by atoms with Gasteiger partial charge in [-0.2, -0.15) is 5.26 Å². The Morgan fingerprint density at radius 1 is 1.25 bits per heavy atom. The zero-order chi connectivity index (χ0) is 16.9. The van der Waals surface area contributed by atoms with Gasteiger partial charge in [0.1, 0.15) is 0 Å². The molecule has 0 saturated heterocycles. The van der Waals surface area contributed by atoms with Crippen LogP contribution in [0.1, 0.15) is 28.4 Å². The molecule has 1 aromatic heterocycles. The van der Waals surface area contributed by atoms with E-state index in [1.165, 1.54) is 16.9 Å². The highest BCUT2D eigenvalue weighted by Gasteiger charge is 2.10. The Morgan fingerprint density at radius 2 is 2.04 bits per heavy atom. The monoisotopic (exact) mass is 333 g/mol. The van der Waals surface area contributed by atoms with Crippen molar-refractivity contribution < 1.29 is 4.79 Å². The molecule has 0 atom stereocenters. The van der Waals surface area contributed by atoms with Gasteiger partial charge < -0.3 is 0 Å². The molecule has 2 aromatic carbocycles. The molecule has 0 aliphatic rings. The third-order valence-electron chi connectivity index (χ3n) is 3.64. The van der Waals surface area contributed by atoms with Gasteiger partial charge in [-0.1, -0.05) is 37.3 Å². The van der Waals surface area contributed by atoms with Crippen LogP contribution >= 0.6 is 11.3 Å². The molecule has 0 spiro atoms. The van der Waals surface area contributed by atoms with E-state index in [-0.39, 0.29) is 5.91 Å². The average molecular weight is 333 g/mol. The zero-order valence-electron chi connectivity index (χ0n) is 13.1. The molecule has 0 unspecified atom stereocenters. The standard InChI is InChI=1S/C19H15N3OS/c1-2-13-6-8-15(9-7-13)17-12-24-19(21-17)22-18(23)16-5-3-4-14(10-16)11-20/h3-10,12H,2H2,1H3,(H,21,22,23). The Bertz CT molecular complexity index is 907. The second-order valence-electron chi connectivity index (χ2n) is 5.24. The molecular weight excluding hydrogens is 318 g/mol. The lowest BCUT2D eigenvalue weighted by molar-refractivity contribution is 0.102. The number of aromatic nitrogens is 1. The summed E-state index contributed by atoms with van der Waals surface area (Å²) in [4.78, 5) is 16.7. The van der Waals surface area contributed by atoms with Crippen molar-refractivity contribution >= 4 is 22.4 Å². The number of aryl methyl sites for hydroxylation is 1. The third-order valence-corrected chi connectivity index (χ3v) is 4.39. The van der Waals surface area contributed by atoms with E-state index in [2.05, 4.69) is 29.4 Å². The first kappa shape index (κ1) is 15.9. The molecule has 5 heteroatoms. The van der Waals surface area contributed by atoms with E-state index >= 15 is 0 Å². The van der Waals surface area contributed by atoms with Gasteiger partial charge in [-0.3, -0.25) is 10.1 Å². The topological polar surface area (TPSA) is 65.8 Å². The maximum Gasteiger partial charge on any atom is 0.257 e. The summed E-state index contributed by atoms with van der Waals surface area (Å²) in [6, 6.07) is 16.9. The summed E-state index contributed by atoms with van der Waals surface area (Å²) in [5.74, 6) is -0.269. The number of thiazole rings is 1. The van der Waals surface area contributed by atoms with Crippen molar-refractivity contribution in [3.63, 3.8) is 0 Å². The van der Waals surface area contributed by atoms with Crippen molar-refractivity contribution in [1.82, 2.24) is 4.98 Å². The summed E-state index contributed by atoms with van der Waals surface area (Å²) < 4.78 is 0. The number of rotatable bonds is 4. The molecule has 0 aliphatic carbocycles. The van der Waals surface area contributed by atoms with Gasteiger partial charge in [0.15, 0.2) is 5.13 Å². The van der Waals surface area contributed by atoms with Crippen LogP contribution < -0.4 is 5.32 Å². The lowest BCUT2D eigenvalue weighted by atomic mass is 10.1. The van der Waals surface area contributed by atoms with Crippen LogP contribution in [0, 0.1) is 11.3 Å². The van der Waals surface area contributed by atoms with E-state index in [0.29, 0.717) is 16.3 Å². The van der Waals surface area contributed by atoms with Crippen molar-refractivity contribution in [2.45, 2.75) is 13.3 Å². The van der Waals surface area contributed by atoms with Gasteiger partial charge in [-0.05, 0) is 30.2 Å². The van der Waals surface area contributed by atoms with Crippen molar-refractivity contribution in [2.24, 2.45) is 0 Å². The minimum Gasteiger partial charge on any atom is -0.298 e. The molecular formula is C19H15N3OS. The first-order chi connectivity index (χ1) is 11.7. The summed E-state index contributed by atoms with van der Waals surface area (Å²) in [5, 5.41) is 14.1. The Balaban J connectivity index is 1.75. The van der Waals surface area contributed by atoms with Crippen molar-refractivity contribution in [2.75, 3.05) is 5.32 Å². The van der Waals surface area contributed by atoms with Crippen LogP contribution in [0.4, 0.5) is 5.13 Å². The van der Waals surface area contributed by atoms with Crippen LogP contribution in [0.15, 0.2) is 53.9 Å². The summed E-state index contributed by atoms with van der Waals surface area (Å²) in [6.45, 7) is 2.12. The third kappa shape index (κ3) is 3.50. The minimum atomic E-state index is -0.269. The second kappa shape index (κ2) is 7.07. The van der Waals surface area contributed by atoms with Gasteiger partial charge in [0.2, 0.25) is 0 Å². The highest BCUT2D eigenvalue weighted by Crippen LogP contribution is 2.25. The number of hydrogen-bond donors (Lipinski definition) is 1. The molecule has 1 heterocycles. The second-order valence-corrected chi connectivity index (χ2v) is 6.09. The van der Waals surface area contributed by atoms with Crippen LogP contribution in [0.3, 0.4) is 0 Å². The van der Waals surface area contributed by atoms with E-state index in [4.69, 9.17) is 5.26 Å². The maximum atomic E-state index is 12.3. The number of hydrogen-bond acceptors (Lipinski definition) is 4. The average Bonchev–Trinajstić information content (AvgIpc) is 3.10. The number of anilines is 1. The first-order valence-electron chi connectivity index (χ1n) is 7.56. The van der Waals surface area contributed by atoms with Crippen LogP contribution in [0.25, 0.3) is 11.3 Å². The Kier molecular flexibility index (Phi) is 4.69. The molecule has 1 amide bonds. The predicted molar refractivity (Wildman–Crippen MR) is 96.0 cm³/mol. The molecule has 3 aromatic rings. The van der Waals surface area contributed by atoms with Gasteiger partial charge in [0.25, 0.3) is 5.91 Å². The molecule has 118 valence electrons. The van der Waals surface area contributed by atoms with E-state index in [0.717, 1.165) is 17.7 Å². The predicted octanol–water partition coefficient (Wildman–Crippen LogP) is 4.50. The number of carbonyl (C=O) groups excluding carboxylic acids is 1. The molecule has 24 heavy (non-hydrogen) atoms. The Morgan fingerprint density at radius 3 is 2.75 bits per heavy atom. The number of nitrogens with one attached hydrogen (secondary N) is 1. The van der Waals surface area contributed by atoms with E-state index in [9.17, 15) is 4.79 Å². The highest BCUT2D eigenvalue weighted by molar-refractivity contribution is 7.14. The van der Waals surface area contributed by atoms with Gasteiger partial charge in [-0.15, -0.1) is 11.3 Å². The lowest BCUT2D eigenvalue weighted by Gasteiger charge is -2.02. The maximum absolute atomic E-state index is 12.3. The largest absolute Gasteiger partial charge is 0.298 e. The Hall–Kier alpha value is -2.97. The molecule has 0 fully saturated rings. The first-order valence-corrected chi connectivity index (χ1v) is 8.44. The molecule has 4 nitrogen and oxygen atoms in total. The number of nitrogens with zero attached hydrogens (tertiary/aromatic N) is 2. The van der Waals surface area contributed by atoms with Crippen molar-refractivity contribution in [3.8, 4) is 17.3 Å². The number of carbonyl (C=O) groups is 1. The highest BCUT2D eigenvalue weighted by atomic mass is 32.1. The fraction of sp³-hybridized carbons (Fsp3) is 0.105. The van der Waals surface area contributed by atoms with E-state index in [1.807, 2.05) is 23.6 Å². The van der Waals surface area contributed by atoms with Gasteiger partial charge in [0, 0.05) is 16.5 Å². The molecule has 1 N–H and O–H groups in total. The van der Waals surface area contributed by atoms with Gasteiger partial charge >= 0.3 is 0 Å². The SMILES string of the molecule is CCc1ccc(-c2csc(NC(=O)c3cccc(C#N)c3)n2)cc1. The number of benzene rings is 2. The number of amides is 1. The summed E-state index contributed by atoms with van der Waals surface area (Å²) in [6.07, 6.45) is 1.00. The van der Waals surface area contributed by atoms with Crippen LogP contribution in [-0.4, -0.2) is 10.9 Å². The quantitative estimate of drug-likeness (QED) is 0.764. The summed E-state index contributed by atoms with van der Waals surface area (Å²) >= 11 is 1.38. The molecule has 0 radical (unpaired) electrons. The molecule has 0 saturated carbocycles. The van der Waals surface area contributed by atoms with E-state index in [1.54, 1.807) is 24.3 Å². The lowest BCUT2D eigenvalue weighted by Crippen LogP contribution is -2.11. The fourth-order valence-corrected chi connectivity index (χ4v) is 2.99. The normalized spacial score (nSPS) is 10.2. The van der Waals surface area contributed by atoms with Crippen molar-refractivity contribution in [1.29, 1.82) is 5.26 Å². The fourth-order valence-electron chi connectivity index (χ4n) is 2.27. The van der Waals surface area contributed by atoms with Crippen LogP contribution in [-0.2, 0) is 6.42 Å². The van der Waals surface area contributed by atoms with Gasteiger partial charge in [-0.25, -0.2) is 4.98 Å². The molecule has 0 bridgehead atoms. The Labute approximate surface area is 144 Å². The smallest absolute Gasteiger partial charge is 0.257 e. The molecule has 3 rings (SSSR count). The molecule has 0 aliphatic heterocycles. The van der Waals surface area contributed by atoms with Gasteiger partial charge in [0.05, 0.1) is 17.3 Å². The zero-order valence-corrected chi connectivity index (χ0v) is 13.9. The summed E-state index contributed by atoms with van der Waals surface area (Å²) in [7, 11) is 0. The van der Waals surface area contributed by atoms with Crippen LogP contribution in [0.5, 0.6) is 0 Å².